The molecule has 2 aromatic carbocycles. The molecule has 3 N–H and O–H groups in total. The summed E-state index contributed by atoms with van der Waals surface area (Å²) in [4.78, 5) is 48.0. The fraction of sp³-hybridized carbons (Fsp3) is 0.167. The van der Waals surface area contributed by atoms with E-state index in [-0.39, 0.29) is 17.0 Å². The standard InChI is InChI=1S/C24H20BrN5O6/c1-13-20-18(26-27-22(31)14-6-4-7-15(12-14)30(34)35)10-5-11-19(20)36-21(13)24(33)29-28-23(32)16-8-2-3-9-17(16)25/h2-4,6-9,12H,5,10-11H2,1H3,(H,27,31)(H,28,32)(H,29,33)/b26-18+. The molecule has 0 saturated heterocycles. The van der Waals surface area contributed by atoms with Gasteiger partial charge in [-0.15, -0.1) is 0 Å². The molecule has 0 radical (unpaired) electrons. The zero-order valence-electron chi connectivity index (χ0n) is 19.0. The van der Waals surface area contributed by atoms with Gasteiger partial charge in [0.2, 0.25) is 0 Å². The number of halogens is 1. The highest BCUT2D eigenvalue weighted by Gasteiger charge is 2.28. The maximum Gasteiger partial charge on any atom is 0.305 e. The number of hydrogen-bond donors (Lipinski definition) is 3. The fourth-order valence-corrected chi connectivity index (χ4v) is 4.29. The zero-order chi connectivity index (χ0) is 25.8. The quantitative estimate of drug-likeness (QED) is 0.322. The lowest BCUT2D eigenvalue weighted by Crippen LogP contribution is -2.41. The number of hydrogen-bond acceptors (Lipinski definition) is 7. The topological polar surface area (TPSA) is 156 Å². The number of aryl methyl sites for hydroxylation is 1. The van der Waals surface area contributed by atoms with E-state index in [9.17, 15) is 24.5 Å². The number of nitrogens with one attached hydrogen (secondary N) is 3. The van der Waals surface area contributed by atoms with Gasteiger partial charge >= 0.3 is 5.91 Å². The van der Waals surface area contributed by atoms with Gasteiger partial charge < -0.3 is 4.42 Å². The Hall–Kier alpha value is -4.32. The van der Waals surface area contributed by atoms with Crippen LogP contribution in [0.3, 0.4) is 0 Å². The van der Waals surface area contributed by atoms with Gasteiger partial charge in [0.25, 0.3) is 17.5 Å². The van der Waals surface area contributed by atoms with Crippen LogP contribution in [-0.2, 0) is 6.42 Å². The molecule has 184 valence electrons. The predicted octanol–water partition coefficient (Wildman–Crippen LogP) is 3.80. The van der Waals surface area contributed by atoms with Crippen molar-refractivity contribution in [2.75, 3.05) is 0 Å². The molecule has 36 heavy (non-hydrogen) atoms. The third-order valence-electron chi connectivity index (χ3n) is 5.55. The van der Waals surface area contributed by atoms with E-state index in [1.54, 1.807) is 31.2 Å². The summed E-state index contributed by atoms with van der Waals surface area (Å²) in [6.45, 7) is 1.69. The molecule has 0 saturated carbocycles. The number of hydrazine groups is 1. The summed E-state index contributed by atoms with van der Waals surface area (Å²) < 4.78 is 6.36. The van der Waals surface area contributed by atoms with E-state index in [2.05, 4.69) is 37.3 Å². The highest BCUT2D eigenvalue weighted by atomic mass is 79.9. The molecule has 0 atom stereocenters. The van der Waals surface area contributed by atoms with Crippen LogP contribution in [0.4, 0.5) is 5.69 Å². The van der Waals surface area contributed by atoms with Crippen LogP contribution in [0.25, 0.3) is 0 Å². The lowest BCUT2D eigenvalue weighted by Gasteiger charge is -2.13. The SMILES string of the molecule is Cc1c(C(=O)NNC(=O)c2ccccc2Br)oc2c1/C(=N/NC(=O)c1cccc([N+](=O)[O-])c1)CCC2. The van der Waals surface area contributed by atoms with E-state index in [1.165, 1.54) is 18.2 Å². The summed E-state index contributed by atoms with van der Waals surface area (Å²) in [5.41, 5.74) is 9.03. The molecule has 12 heteroatoms. The first kappa shape index (κ1) is 24.8. The lowest BCUT2D eigenvalue weighted by atomic mass is 9.93. The number of fused-ring (bicyclic) bond motifs is 1. The Morgan fingerprint density at radius 2 is 1.78 bits per heavy atom. The van der Waals surface area contributed by atoms with Crippen LogP contribution in [0.1, 0.15) is 61.0 Å². The monoisotopic (exact) mass is 553 g/mol. The molecule has 1 aliphatic carbocycles. The molecule has 0 bridgehead atoms. The first-order valence-electron chi connectivity index (χ1n) is 10.9. The maximum atomic E-state index is 12.8. The van der Waals surface area contributed by atoms with Crippen molar-refractivity contribution in [1.82, 2.24) is 16.3 Å². The van der Waals surface area contributed by atoms with Crippen LogP contribution in [0.15, 0.2) is 62.5 Å². The van der Waals surface area contributed by atoms with Gasteiger partial charge in [0.1, 0.15) is 5.76 Å². The summed E-state index contributed by atoms with van der Waals surface area (Å²) in [6.07, 6.45) is 1.79. The first-order valence-corrected chi connectivity index (χ1v) is 11.6. The number of nitro benzene ring substituents is 1. The van der Waals surface area contributed by atoms with Crippen molar-refractivity contribution in [1.29, 1.82) is 0 Å². The van der Waals surface area contributed by atoms with Crippen molar-refractivity contribution in [3.63, 3.8) is 0 Å². The van der Waals surface area contributed by atoms with E-state index in [0.717, 1.165) is 6.07 Å². The van der Waals surface area contributed by atoms with Gasteiger partial charge in [0.05, 0.1) is 16.2 Å². The lowest BCUT2D eigenvalue weighted by molar-refractivity contribution is -0.384. The molecular weight excluding hydrogens is 534 g/mol. The molecule has 0 aliphatic heterocycles. The zero-order valence-corrected chi connectivity index (χ0v) is 20.5. The first-order chi connectivity index (χ1) is 17.3. The number of furan rings is 1. The molecule has 1 aliphatic rings. The molecule has 0 unspecified atom stereocenters. The second-order valence-corrected chi connectivity index (χ2v) is 8.76. The molecule has 11 nitrogen and oxygen atoms in total. The summed E-state index contributed by atoms with van der Waals surface area (Å²) in [6, 6.07) is 12.1. The van der Waals surface area contributed by atoms with E-state index in [1.807, 2.05) is 0 Å². The number of rotatable bonds is 5. The van der Waals surface area contributed by atoms with Gasteiger partial charge in [0.15, 0.2) is 5.76 Å². The van der Waals surface area contributed by atoms with E-state index in [0.29, 0.717) is 51.9 Å². The number of non-ortho nitro benzene ring substituents is 1. The number of hydrazone groups is 1. The van der Waals surface area contributed by atoms with Crippen molar-refractivity contribution in [3.8, 4) is 0 Å². The fourth-order valence-electron chi connectivity index (χ4n) is 3.82. The van der Waals surface area contributed by atoms with Gasteiger partial charge in [-0.25, -0.2) is 5.43 Å². The van der Waals surface area contributed by atoms with Crippen molar-refractivity contribution in [3.05, 3.63) is 96.9 Å². The van der Waals surface area contributed by atoms with Crippen LogP contribution in [0.5, 0.6) is 0 Å². The van der Waals surface area contributed by atoms with Gasteiger partial charge in [0, 0.05) is 39.7 Å². The predicted molar refractivity (Wildman–Crippen MR) is 133 cm³/mol. The molecule has 4 rings (SSSR count). The maximum absolute atomic E-state index is 12.8. The van der Waals surface area contributed by atoms with Crippen molar-refractivity contribution >= 4 is 45.1 Å². The highest BCUT2D eigenvalue weighted by molar-refractivity contribution is 9.10. The summed E-state index contributed by atoms with van der Waals surface area (Å²) in [5.74, 6) is -1.18. The third kappa shape index (κ3) is 5.18. The highest BCUT2D eigenvalue weighted by Crippen LogP contribution is 2.30. The summed E-state index contributed by atoms with van der Waals surface area (Å²) >= 11 is 3.29. The normalized spacial score (nSPS) is 13.6. The van der Waals surface area contributed by atoms with Gasteiger partial charge in [-0.1, -0.05) is 18.2 Å². The Morgan fingerprint density at radius 1 is 1.03 bits per heavy atom. The Bertz CT molecular complexity index is 1410. The average Bonchev–Trinajstić information content (AvgIpc) is 3.23. The molecule has 1 heterocycles. The second kappa shape index (κ2) is 10.5. The van der Waals surface area contributed by atoms with Crippen LogP contribution in [-0.4, -0.2) is 28.4 Å². The summed E-state index contributed by atoms with van der Waals surface area (Å²) in [5, 5.41) is 15.2. The van der Waals surface area contributed by atoms with Gasteiger partial charge in [-0.05, 0) is 53.9 Å². The minimum atomic E-state index is -0.637. The number of carbonyl (C=O) groups is 3. The largest absolute Gasteiger partial charge is 0.455 e. The van der Waals surface area contributed by atoms with Crippen molar-refractivity contribution in [2.45, 2.75) is 26.2 Å². The minimum Gasteiger partial charge on any atom is -0.455 e. The van der Waals surface area contributed by atoms with Crippen LogP contribution >= 0.6 is 15.9 Å². The Labute approximate surface area is 213 Å². The average molecular weight is 554 g/mol. The van der Waals surface area contributed by atoms with Crippen molar-refractivity contribution in [2.24, 2.45) is 5.10 Å². The molecule has 0 fully saturated rings. The van der Waals surface area contributed by atoms with Crippen molar-refractivity contribution < 1.29 is 23.7 Å². The van der Waals surface area contributed by atoms with Crippen LogP contribution < -0.4 is 16.3 Å². The number of carbonyl (C=O) groups excluding carboxylic acids is 3. The minimum absolute atomic E-state index is 0.0204. The van der Waals surface area contributed by atoms with Crippen LogP contribution in [0.2, 0.25) is 0 Å². The number of nitrogens with zero attached hydrogens (tertiary/aromatic N) is 2. The Morgan fingerprint density at radius 3 is 2.53 bits per heavy atom. The van der Waals surface area contributed by atoms with Crippen LogP contribution in [0, 0.1) is 17.0 Å². The number of amides is 3. The number of benzene rings is 2. The third-order valence-corrected chi connectivity index (χ3v) is 6.24. The van der Waals surface area contributed by atoms with E-state index >= 15 is 0 Å². The van der Waals surface area contributed by atoms with E-state index in [4.69, 9.17) is 4.42 Å². The van der Waals surface area contributed by atoms with E-state index < -0.39 is 22.6 Å². The van der Waals surface area contributed by atoms with Gasteiger partial charge in [-0.3, -0.25) is 35.3 Å². The molecule has 1 aromatic heterocycles. The molecule has 0 spiro atoms. The summed E-state index contributed by atoms with van der Waals surface area (Å²) in [7, 11) is 0. The molecule has 3 amide bonds. The van der Waals surface area contributed by atoms with Gasteiger partial charge in [-0.2, -0.15) is 5.10 Å². The number of nitro groups is 1. The Kier molecular flexibility index (Phi) is 7.25. The molecular formula is C24H20BrN5O6. The molecule has 3 aromatic rings. The second-order valence-electron chi connectivity index (χ2n) is 7.90. The Balaban J connectivity index is 1.49. The smallest absolute Gasteiger partial charge is 0.305 e.